The maximum atomic E-state index is 12.8. The van der Waals surface area contributed by atoms with Crippen LogP contribution in [0.3, 0.4) is 0 Å². The van der Waals surface area contributed by atoms with Crippen molar-refractivity contribution in [2.24, 2.45) is 5.10 Å². The van der Waals surface area contributed by atoms with Crippen molar-refractivity contribution in [3.63, 3.8) is 0 Å². The Morgan fingerprint density at radius 1 is 0.682 bits per heavy atom. The van der Waals surface area contributed by atoms with E-state index in [0.717, 1.165) is 39.4 Å². The molecule has 7 nitrogen and oxygen atoms in total. The lowest BCUT2D eigenvalue weighted by Gasteiger charge is -2.07. The molecule has 0 atom stereocenters. The molecule has 7 heteroatoms. The van der Waals surface area contributed by atoms with Gasteiger partial charge in [-0.1, -0.05) is 78.9 Å². The highest BCUT2D eigenvalue weighted by Gasteiger charge is 2.12. The number of carbonyl (C=O) groups is 1. The van der Waals surface area contributed by atoms with Crippen LogP contribution in [0.5, 0.6) is 11.5 Å². The summed E-state index contributed by atoms with van der Waals surface area (Å²) in [4.78, 5) is 12.8. The molecule has 0 aliphatic heterocycles. The fourth-order valence-electron chi connectivity index (χ4n) is 4.54. The number of rotatable bonds is 11. The molecule has 0 aliphatic rings. The van der Waals surface area contributed by atoms with E-state index in [1.165, 1.54) is 0 Å². The second-order valence-electron chi connectivity index (χ2n) is 10.0. The van der Waals surface area contributed by atoms with Gasteiger partial charge < -0.3 is 9.47 Å². The van der Waals surface area contributed by atoms with Gasteiger partial charge in [0.15, 0.2) is 0 Å². The Bertz CT molecular complexity index is 1820. The summed E-state index contributed by atoms with van der Waals surface area (Å²) >= 11 is 0. The second-order valence-corrected chi connectivity index (χ2v) is 10.0. The number of carbonyl (C=O) groups excluding carboxylic acids is 1. The largest absolute Gasteiger partial charge is 0.489 e. The third-order valence-electron chi connectivity index (χ3n) is 6.87. The molecule has 0 spiro atoms. The van der Waals surface area contributed by atoms with Gasteiger partial charge in [0.1, 0.15) is 30.4 Å². The molecule has 0 saturated heterocycles. The van der Waals surface area contributed by atoms with Crippen LogP contribution in [0.1, 0.15) is 27.0 Å². The Morgan fingerprint density at radius 3 is 1.77 bits per heavy atom. The van der Waals surface area contributed by atoms with Crippen molar-refractivity contribution in [1.82, 2.24) is 15.2 Å². The molecule has 1 heterocycles. The standard InChI is InChI=1S/C37H30N4O3/c42-37(31-18-22-35(23-19-31)44-27-29-12-6-2-7-13-29)39-38-24-32-25-41(33-14-8-3-9-15-33)40-36(32)30-16-20-34(21-17-30)43-26-28-10-4-1-5-11-28/h1-25H,26-27H2,(H,39,42). The van der Waals surface area contributed by atoms with Crippen LogP contribution < -0.4 is 14.9 Å². The van der Waals surface area contributed by atoms with Gasteiger partial charge in [-0.15, -0.1) is 0 Å². The molecular weight excluding hydrogens is 548 g/mol. The molecule has 44 heavy (non-hydrogen) atoms. The summed E-state index contributed by atoms with van der Waals surface area (Å²) < 4.78 is 13.6. The van der Waals surface area contributed by atoms with Crippen LogP contribution in [0.25, 0.3) is 16.9 Å². The number of hydrazone groups is 1. The molecule has 0 unspecified atom stereocenters. The number of amides is 1. The maximum Gasteiger partial charge on any atom is 0.271 e. The summed E-state index contributed by atoms with van der Waals surface area (Å²) in [5.41, 5.74) is 8.55. The van der Waals surface area contributed by atoms with Gasteiger partial charge in [0.2, 0.25) is 0 Å². The van der Waals surface area contributed by atoms with E-state index in [-0.39, 0.29) is 5.91 Å². The third-order valence-corrected chi connectivity index (χ3v) is 6.87. The molecule has 0 saturated carbocycles. The Hall–Kier alpha value is -5.95. The second kappa shape index (κ2) is 13.8. The average molecular weight is 579 g/mol. The molecule has 0 radical (unpaired) electrons. The summed E-state index contributed by atoms with van der Waals surface area (Å²) in [6.45, 7) is 0.947. The highest BCUT2D eigenvalue weighted by molar-refractivity contribution is 5.95. The van der Waals surface area contributed by atoms with Crippen LogP contribution in [0.4, 0.5) is 0 Å². The van der Waals surface area contributed by atoms with Gasteiger partial charge >= 0.3 is 0 Å². The fraction of sp³-hybridized carbons (Fsp3) is 0.0541. The van der Waals surface area contributed by atoms with E-state index >= 15 is 0 Å². The predicted molar refractivity (Wildman–Crippen MR) is 172 cm³/mol. The summed E-state index contributed by atoms with van der Waals surface area (Å²) in [5, 5.41) is 9.09. The zero-order valence-corrected chi connectivity index (χ0v) is 23.9. The minimum absolute atomic E-state index is 0.326. The number of nitrogens with one attached hydrogen (secondary N) is 1. The normalized spacial score (nSPS) is 10.9. The quantitative estimate of drug-likeness (QED) is 0.128. The van der Waals surface area contributed by atoms with E-state index < -0.39 is 0 Å². The van der Waals surface area contributed by atoms with Crippen molar-refractivity contribution in [1.29, 1.82) is 0 Å². The van der Waals surface area contributed by atoms with E-state index in [1.807, 2.05) is 121 Å². The van der Waals surface area contributed by atoms with Gasteiger partial charge in [-0.05, 0) is 71.8 Å². The highest BCUT2D eigenvalue weighted by Crippen LogP contribution is 2.25. The zero-order chi connectivity index (χ0) is 30.0. The van der Waals surface area contributed by atoms with Crippen LogP contribution in [0.2, 0.25) is 0 Å². The Kier molecular flexibility index (Phi) is 8.84. The first-order chi connectivity index (χ1) is 21.7. The number of para-hydroxylation sites is 1. The topological polar surface area (TPSA) is 77.7 Å². The molecule has 6 aromatic rings. The van der Waals surface area contributed by atoms with Crippen LogP contribution >= 0.6 is 0 Å². The van der Waals surface area contributed by atoms with Crippen molar-refractivity contribution in [3.05, 3.63) is 168 Å². The third kappa shape index (κ3) is 7.27. The van der Waals surface area contributed by atoms with Gasteiger partial charge in [-0.25, -0.2) is 10.1 Å². The Morgan fingerprint density at radius 2 is 1.20 bits per heavy atom. The van der Waals surface area contributed by atoms with Crippen LogP contribution in [-0.4, -0.2) is 21.9 Å². The van der Waals surface area contributed by atoms with E-state index in [9.17, 15) is 4.79 Å². The monoisotopic (exact) mass is 578 g/mol. The van der Waals surface area contributed by atoms with Gasteiger partial charge in [0.25, 0.3) is 5.91 Å². The van der Waals surface area contributed by atoms with Crippen LogP contribution in [-0.2, 0) is 13.2 Å². The van der Waals surface area contributed by atoms with E-state index in [4.69, 9.17) is 14.6 Å². The summed E-state index contributed by atoms with van der Waals surface area (Å²) in [6, 6.07) is 44.6. The van der Waals surface area contributed by atoms with E-state index in [0.29, 0.717) is 24.5 Å². The molecule has 5 aromatic carbocycles. The van der Waals surface area contributed by atoms with E-state index in [1.54, 1.807) is 35.2 Å². The highest BCUT2D eigenvalue weighted by atomic mass is 16.5. The van der Waals surface area contributed by atoms with Gasteiger partial charge in [-0.3, -0.25) is 4.79 Å². The van der Waals surface area contributed by atoms with Gasteiger partial charge in [-0.2, -0.15) is 10.2 Å². The lowest BCUT2D eigenvalue weighted by molar-refractivity contribution is 0.0955. The zero-order valence-electron chi connectivity index (χ0n) is 23.9. The maximum absolute atomic E-state index is 12.8. The first kappa shape index (κ1) is 28.2. The summed E-state index contributed by atoms with van der Waals surface area (Å²) in [5.74, 6) is 1.12. The lowest BCUT2D eigenvalue weighted by atomic mass is 10.1. The minimum atomic E-state index is -0.326. The lowest BCUT2D eigenvalue weighted by Crippen LogP contribution is -2.17. The number of aromatic nitrogens is 2. The van der Waals surface area contributed by atoms with Crippen LogP contribution in [0.15, 0.2) is 151 Å². The minimum Gasteiger partial charge on any atom is -0.489 e. The van der Waals surface area contributed by atoms with Crippen molar-refractivity contribution >= 4 is 12.1 Å². The molecule has 0 aliphatic carbocycles. The number of benzene rings is 5. The van der Waals surface area contributed by atoms with Crippen LogP contribution in [0, 0.1) is 0 Å². The predicted octanol–water partition coefficient (Wildman–Crippen LogP) is 7.46. The molecule has 1 amide bonds. The number of ether oxygens (including phenoxy) is 2. The van der Waals surface area contributed by atoms with Crippen molar-refractivity contribution in [2.45, 2.75) is 13.2 Å². The number of hydrogen-bond acceptors (Lipinski definition) is 5. The SMILES string of the molecule is O=C(NN=Cc1cn(-c2ccccc2)nc1-c1ccc(OCc2ccccc2)cc1)c1ccc(OCc2ccccc2)cc1. The Labute approximate surface area is 256 Å². The first-order valence-corrected chi connectivity index (χ1v) is 14.2. The number of nitrogens with zero attached hydrogens (tertiary/aromatic N) is 3. The Balaban J connectivity index is 1.14. The molecule has 1 aromatic heterocycles. The van der Waals surface area contributed by atoms with E-state index in [2.05, 4.69) is 10.5 Å². The average Bonchev–Trinajstić information content (AvgIpc) is 3.52. The van der Waals surface area contributed by atoms with Gasteiger partial charge in [0, 0.05) is 22.9 Å². The number of hydrogen-bond donors (Lipinski definition) is 1. The molecule has 6 rings (SSSR count). The summed E-state index contributed by atoms with van der Waals surface area (Å²) in [6.07, 6.45) is 3.50. The summed E-state index contributed by atoms with van der Waals surface area (Å²) in [7, 11) is 0. The molecule has 0 bridgehead atoms. The van der Waals surface area contributed by atoms with Crippen molar-refractivity contribution in [3.8, 4) is 28.4 Å². The fourth-order valence-corrected chi connectivity index (χ4v) is 4.54. The molecule has 1 N–H and O–H groups in total. The van der Waals surface area contributed by atoms with Crippen molar-refractivity contribution < 1.29 is 14.3 Å². The molecule has 0 fully saturated rings. The molecular formula is C37H30N4O3. The van der Waals surface area contributed by atoms with Crippen molar-refractivity contribution in [2.75, 3.05) is 0 Å². The molecule has 216 valence electrons. The van der Waals surface area contributed by atoms with Gasteiger partial charge in [0.05, 0.1) is 11.9 Å². The smallest absolute Gasteiger partial charge is 0.271 e. The first-order valence-electron chi connectivity index (χ1n) is 14.2.